The van der Waals surface area contributed by atoms with Gasteiger partial charge in [-0.3, -0.25) is 0 Å². The summed E-state index contributed by atoms with van der Waals surface area (Å²) < 4.78 is 43.9. The van der Waals surface area contributed by atoms with Crippen molar-refractivity contribution < 1.29 is 22.7 Å². The molecule has 0 aliphatic carbocycles. The number of alkyl halides is 3. The maximum absolute atomic E-state index is 12.9. The number of piperazine rings is 1. The molecule has 1 heterocycles. The van der Waals surface area contributed by atoms with Crippen LogP contribution in [0.4, 0.5) is 23.7 Å². The topological polar surface area (TPSA) is 32.8 Å². The molecule has 24 heavy (non-hydrogen) atoms. The Hall–Kier alpha value is -1.63. The van der Waals surface area contributed by atoms with E-state index >= 15 is 0 Å². The first kappa shape index (κ1) is 18.7. The van der Waals surface area contributed by atoms with E-state index in [0.717, 1.165) is 12.1 Å². The minimum atomic E-state index is -4.42. The van der Waals surface area contributed by atoms with E-state index in [4.69, 9.17) is 16.3 Å². The van der Waals surface area contributed by atoms with Crippen LogP contribution in [-0.4, -0.2) is 42.8 Å². The molecule has 1 aliphatic rings. The Morgan fingerprint density at radius 2 is 1.71 bits per heavy atom. The molecule has 0 N–H and O–H groups in total. The molecule has 0 atom stereocenters. The summed E-state index contributed by atoms with van der Waals surface area (Å²) in [5.41, 5.74) is -0.995. The van der Waals surface area contributed by atoms with Crippen molar-refractivity contribution >= 4 is 23.4 Å². The van der Waals surface area contributed by atoms with Crippen molar-refractivity contribution in [2.45, 2.75) is 32.5 Å². The Morgan fingerprint density at radius 3 is 2.21 bits per heavy atom. The van der Waals surface area contributed by atoms with Crippen molar-refractivity contribution in [3.05, 3.63) is 28.8 Å². The van der Waals surface area contributed by atoms with Gasteiger partial charge in [0.15, 0.2) is 0 Å². The number of amides is 1. The number of ether oxygens (including phenoxy) is 1. The fourth-order valence-corrected chi connectivity index (χ4v) is 2.62. The molecule has 134 valence electrons. The van der Waals surface area contributed by atoms with E-state index in [9.17, 15) is 18.0 Å². The van der Waals surface area contributed by atoms with Crippen LogP contribution >= 0.6 is 11.6 Å². The van der Waals surface area contributed by atoms with Crippen molar-refractivity contribution in [1.29, 1.82) is 0 Å². The SMILES string of the molecule is CC(C)(C)OC(=O)N1CCN(c2cc(C(F)(F)F)ccc2Cl)CC1. The summed E-state index contributed by atoms with van der Waals surface area (Å²) in [5.74, 6) is 0. The molecule has 1 aromatic carbocycles. The summed E-state index contributed by atoms with van der Waals surface area (Å²) >= 11 is 6.05. The van der Waals surface area contributed by atoms with Gasteiger partial charge in [-0.05, 0) is 39.0 Å². The van der Waals surface area contributed by atoms with Gasteiger partial charge < -0.3 is 14.5 Å². The molecule has 1 aliphatic heterocycles. The highest BCUT2D eigenvalue weighted by Crippen LogP contribution is 2.35. The van der Waals surface area contributed by atoms with Gasteiger partial charge in [0, 0.05) is 26.2 Å². The number of halogens is 4. The lowest BCUT2D eigenvalue weighted by Crippen LogP contribution is -2.50. The molecule has 8 heteroatoms. The molecule has 0 radical (unpaired) electrons. The van der Waals surface area contributed by atoms with Crippen LogP contribution in [0.3, 0.4) is 0 Å². The summed E-state index contributed by atoms with van der Waals surface area (Å²) in [6.07, 6.45) is -4.84. The molecule has 0 spiro atoms. The molecular weight excluding hydrogens is 345 g/mol. The molecule has 0 saturated carbocycles. The first-order chi connectivity index (χ1) is 11.0. The van der Waals surface area contributed by atoms with Crippen LogP contribution in [0.2, 0.25) is 5.02 Å². The van der Waals surface area contributed by atoms with Crippen LogP contribution in [0, 0.1) is 0 Å². The number of hydrogen-bond acceptors (Lipinski definition) is 3. The standard InChI is InChI=1S/C16H20ClF3N2O2/c1-15(2,3)24-14(23)22-8-6-21(7-9-22)13-10-11(16(18,19)20)4-5-12(13)17/h4-5,10H,6-9H2,1-3H3. The molecule has 4 nitrogen and oxygen atoms in total. The molecule has 2 rings (SSSR count). The fraction of sp³-hybridized carbons (Fsp3) is 0.562. The summed E-state index contributed by atoms with van der Waals surface area (Å²) in [5, 5.41) is 0.258. The van der Waals surface area contributed by atoms with E-state index in [1.807, 2.05) is 0 Å². The lowest BCUT2D eigenvalue weighted by Gasteiger charge is -2.37. The Labute approximate surface area is 144 Å². The lowest BCUT2D eigenvalue weighted by molar-refractivity contribution is -0.137. The van der Waals surface area contributed by atoms with Gasteiger partial charge in [0.1, 0.15) is 5.60 Å². The highest BCUT2D eigenvalue weighted by Gasteiger charge is 2.32. The Balaban J connectivity index is 2.06. The molecule has 1 aromatic rings. The first-order valence-electron chi connectivity index (χ1n) is 7.57. The predicted octanol–water partition coefficient (Wildman–Crippen LogP) is 4.42. The molecule has 1 amide bonds. The third-order valence-corrected chi connectivity index (χ3v) is 3.87. The average Bonchev–Trinajstić information content (AvgIpc) is 2.45. The number of nitrogens with zero attached hydrogens (tertiary/aromatic N) is 2. The third kappa shape index (κ3) is 4.69. The lowest BCUT2D eigenvalue weighted by atomic mass is 10.1. The fourth-order valence-electron chi connectivity index (χ4n) is 2.39. The number of hydrogen-bond donors (Lipinski definition) is 0. The number of carbonyl (C=O) groups is 1. The minimum absolute atomic E-state index is 0.258. The van der Waals surface area contributed by atoms with Crippen LogP contribution < -0.4 is 4.90 Å². The van der Waals surface area contributed by atoms with Gasteiger partial charge in [-0.1, -0.05) is 11.6 Å². The Morgan fingerprint density at radius 1 is 1.12 bits per heavy atom. The number of anilines is 1. The van der Waals surface area contributed by atoms with Crippen LogP contribution in [0.1, 0.15) is 26.3 Å². The summed E-state index contributed by atoms with van der Waals surface area (Å²) in [6.45, 7) is 6.85. The molecular formula is C16H20ClF3N2O2. The van der Waals surface area contributed by atoms with E-state index in [0.29, 0.717) is 31.9 Å². The van der Waals surface area contributed by atoms with Crippen molar-refractivity contribution in [1.82, 2.24) is 4.90 Å². The van der Waals surface area contributed by atoms with E-state index in [-0.39, 0.29) is 5.02 Å². The van der Waals surface area contributed by atoms with Crippen molar-refractivity contribution in [3.63, 3.8) is 0 Å². The van der Waals surface area contributed by atoms with Crippen molar-refractivity contribution in [2.24, 2.45) is 0 Å². The Bertz CT molecular complexity index is 606. The third-order valence-electron chi connectivity index (χ3n) is 3.55. The van der Waals surface area contributed by atoms with Crippen LogP contribution in [0.25, 0.3) is 0 Å². The van der Waals surface area contributed by atoms with Crippen LogP contribution in [-0.2, 0) is 10.9 Å². The monoisotopic (exact) mass is 364 g/mol. The van der Waals surface area contributed by atoms with Gasteiger partial charge in [0.05, 0.1) is 16.3 Å². The van der Waals surface area contributed by atoms with E-state index in [1.54, 1.807) is 30.6 Å². The second kappa shape index (κ2) is 6.70. The second-order valence-electron chi connectivity index (χ2n) is 6.62. The van der Waals surface area contributed by atoms with Gasteiger partial charge in [0.25, 0.3) is 0 Å². The van der Waals surface area contributed by atoms with Crippen LogP contribution in [0.15, 0.2) is 18.2 Å². The zero-order valence-electron chi connectivity index (χ0n) is 13.8. The van der Waals surface area contributed by atoms with E-state index < -0.39 is 23.4 Å². The maximum Gasteiger partial charge on any atom is 0.416 e. The van der Waals surface area contributed by atoms with Gasteiger partial charge in [-0.15, -0.1) is 0 Å². The van der Waals surface area contributed by atoms with Gasteiger partial charge in [-0.25, -0.2) is 4.79 Å². The Kier molecular flexibility index (Phi) is 5.22. The molecule has 0 bridgehead atoms. The van der Waals surface area contributed by atoms with Crippen molar-refractivity contribution in [2.75, 3.05) is 31.1 Å². The highest BCUT2D eigenvalue weighted by atomic mass is 35.5. The van der Waals surface area contributed by atoms with Gasteiger partial charge in [0.2, 0.25) is 0 Å². The number of carbonyl (C=O) groups excluding carboxylic acids is 1. The van der Waals surface area contributed by atoms with Crippen molar-refractivity contribution in [3.8, 4) is 0 Å². The molecule has 1 saturated heterocycles. The zero-order valence-corrected chi connectivity index (χ0v) is 14.5. The first-order valence-corrected chi connectivity index (χ1v) is 7.95. The summed E-state index contributed by atoms with van der Waals surface area (Å²) in [7, 11) is 0. The van der Waals surface area contributed by atoms with Gasteiger partial charge in [-0.2, -0.15) is 13.2 Å². The predicted molar refractivity (Wildman–Crippen MR) is 86.5 cm³/mol. The summed E-state index contributed by atoms with van der Waals surface area (Å²) in [6, 6.07) is 3.26. The smallest absolute Gasteiger partial charge is 0.416 e. The zero-order chi connectivity index (χ0) is 18.1. The maximum atomic E-state index is 12.9. The quantitative estimate of drug-likeness (QED) is 0.739. The number of rotatable bonds is 1. The average molecular weight is 365 g/mol. The molecule has 1 fully saturated rings. The normalized spacial score (nSPS) is 16.3. The molecule has 0 aromatic heterocycles. The van der Waals surface area contributed by atoms with Gasteiger partial charge >= 0.3 is 12.3 Å². The number of benzene rings is 1. The van der Waals surface area contributed by atoms with E-state index in [2.05, 4.69) is 0 Å². The second-order valence-corrected chi connectivity index (χ2v) is 7.03. The molecule has 0 unspecified atom stereocenters. The minimum Gasteiger partial charge on any atom is -0.444 e. The van der Waals surface area contributed by atoms with Crippen LogP contribution in [0.5, 0.6) is 0 Å². The van der Waals surface area contributed by atoms with E-state index in [1.165, 1.54) is 6.07 Å². The highest BCUT2D eigenvalue weighted by molar-refractivity contribution is 6.33. The summed E-state index contributed by atoms with van der Waals surface area (Å²) in [4.78, 5) is 15.3. The largest absolute Gasteiger partial charge is 0.444 e.